The number of benzene rings is 2. The molecule has 18 heavy (non-hydrogen) atoms. The molecule has 0 saturated carbocycles. The number of alkyl halides is 2. The fourth-order valence-electron chi connectivity index (χ4n) is 1.50. The minimum Gasteiger partial charge on any atom is -0.484 e. The van der Waals surface area contributed by atoms with E-state index in [9.17, 15) is 13.2 Å². The van der Waals surface area contributed by atoms with Crippen LogP contribution >= 0.6 is 0 Å². The van der Waals surface area contributed by atoms with Crippen molar-refractivity contribution in [3.05, 3.63) is 66.0 Å². The van der Waals surface area contributed by atoms with Crippen LogP contribution in [0.4, 0.5) is 13.2 Å². The van der Waals surface area contributed by atoms with E-state index in [4.69, 9.17) is 4.74 Å². The molecule has 0 aliphatic rings. The maximum atomic E-state index is 13.7. The van der Waals surface area contributed by atoms with Gasteiger partial charge in [0.05, 0.1) is 0 Å². The first-order chi connectivity index (χ1) is 8.59. The molecule has 0 aromatic heterocycles. The predicted octanol–water partition coefficient (Wildman–Crippen LogP) is 4.00. The smallest absolute Gasteiger partial charge is 0.306 e. The second-order valence-electron chi connectivity index (χ2n) is 3.79. The maximum Gasteiger partial charge on any atom is 0.306 e. The Morgan fingerprint density at radius 1 is 0.889 bits per heavy atom. The van der Waals surface area contributed by atoms with Gasteiger partial charge in [-0.25, -0.2) is 4.39 Å². The Labute approximate surface area is 103 Å². The van der Waals surface area contributed by atoms with Gasteiger partial charge in [-0.1, -0.05) is 42.5 Å². The lowest BCUT2D eigenvalue weighted by Gasteiger charge is -2.17. The van der Waals surface area contributed by atoms with Crippen molar-refractivity contribution in [2.45, 2.75) is 5.92 Å². The third-order valence-electron chi connectivity index (χ3n) is 2.44. The van der Waals surface area contributed by atoms with E-state index in [0.717, 1.165) is 6.07 Å². The van der Waals surface area contributed by atoms with E-state index in [0.29, 0.717) is 0 Å². The number of halogens is 3. The molecule has 0 heterocycles. The van der Waals surface area contributed by atoms with E-state index >= 15 is 0 Å². The lowest BCUT2D eigenvalue weighted by molar-refractivity contribution is -0.0475. The summed E-state index contributed by atoms with van der Waals surface area (Å²) in [6.07, 6.45) is 0. The fourth-order valence-corrected chi connectivity index (χ4v) is 1.50. The highest BCUT2D eigenvalue weighted by molar-refractivity contribution is 5.25. The zero-order valence-electron chi connectivity index (χ0n) is 9.45. The van der Waals surface area contributed by atoms with Gasteiger partial charge in [0.25, 0.3) is 0 Å². The summed E-state index contributed by atoms with van der Waals surface area (Å²) in [6, 6.07) is 12.8. The molecular weight excluding hydrogens is 241 g/mol. The van der Waals surface area contributed by atoms with Crippen molar-refractivity contribution in [1.29, 1.82) is 0 Å². The van der Waals surface area contributed by atoms with E-state index in [1.54, 1.807) is 6.07 Å². The van der Waals surface area contributed by atoms with Crippen molar-refractivity contribution in [3.63, 3.8) is 0 Å². The maximum absolute atomic E-state index is 13.7. The van der Waals surface area contributed by atoms with E-state index in [1.807, 2.05) is 0 Å². The molecular formula is C14H11F3O. The van der Waals surface area contributed by atoms with Crippen molar-refractivity contribution in [3.8, 4) is 5.75 Å². The zero-order chi connectivity index (χ0) is 13.0. The van der Waals surface area contributed by atoms with Gasteiger partial charge in [-0.3, -0.25) is 0 Å². The minimum absolute atomic E-state index is 0.152. The quantitative estimate of drug-likeness (QED) is 0.799. The van der Waals surface area contributed by atoms with Crippen molar-refractivity contribution < 1.29 is 17.9 Å². The molecule has 0 bridgehead atoms. The zero-order valence-corrected chi connectivity index (χ0v) is 9.45. The Hall–Kier alpha value is -1.97. The molecule has 2 aromatic carbocycles. The highest BCUT2D eigenvalue weighted by Crippen LogP contribution is 2.29. The van der Waals surface area contributed by atoms with Crippen LogP contribution in [0.3, 0.4) is 0 Å². The Morgan fingerprint density at radius 2 is 1.50 bits per heavy atom. The van der Waals surface area contributed by atoms with Crippen molar-refractivity contribution >= 4 is 0 Å². The van der Waals surface area contributed by atoms with Crippen LogP contribution in [-0.2, 0) is 5.92 Å². The fraction of sp³-hybridized carbons (Fsp3) is 0.143. The third kappa shape index (κ3) is 2.83. The molecule has 94 valence electrons. The summed E-state index contributed by atoms with van der Waals surface area (Å²) in [4.78, 5) is 0. The molecule has 0 unspecified atom stereocenters. The Balaban J connectivity index is 2.08. The van der Waals surface area contributed by atoms with Gasteiger partial charge in [0.1, 0.15) is 0 Å². The first kappa shape index (κ1) is 12.5. The average Bonchev–Trinajstić information content (AvgIpc) is 2.39. The summed E-state index contributed by atoms with van der Waals surface area (Å²) in [7, 11) is 0. The van der Waals surface area contributed by atoms with Gasteiger partial charge in [0.15, 0.2) is 18.2 Å². The highest BCUT2D eigenvalue weighted by atomic mass is 19.3. The SMILES string of the molecule is Fc1ccccc1OCC(F)(F)c1ccccc1. The molecule has 0 aliphatic heterocycles. The number of ether oxygens (including phenoxy) is 1. The monoisotopic (exact) mass is 252 g/mol. The van der Waals surface area contributed by atoms with Crippen molar-refractivity contribution in [2.75, 3.05) is 6.61 Å². The minimum atomic E-state index is -3.15. The normalized spacial score (nSPS) is 11.3. The average molecular weight is 252 g/mol. The van der Waals surface area contributed by atoms with Crippen LogP contribution in [0.15, 0.2) is 54.6 Å². The van der Waals surface area contributed by atoms with Crippen molar-refractivity contribution in [2.24, 2.45) is 0 Å². The molecule has 0 N–H and O–H groups in total. The molecule has 0 fully saturated rings. The second kappa shape index (κ2) is 5.12. The summed E-state index contributed by atoms with van der Waals surface area (Å²) in [6.45, 7) is -0.891. The summed E-state index contributed by atoms with van der Waals surface area (Å²) in [5.41, 5.74) is -0.152. The number of para-hydroxylation sites is 1. The van der Waals surface area contributed by atoms with E-state index in [1.165, 1.54) is 42.5 Å². The van der Waals surface area contributed by atoms with E-state index in [2.05, 4.69) is 0 Å². The molecule has 2 rings (SSSR count). The van der Waals surface area contributed by atoms with Crippen LogP contribution in [0, 0.1) is 5.82 Å². The first-order valence-corrected chi connectivity index (χ1v) is 5.40. The lowest BCUT2D eigenvalue weighted by Crippen LogP contribution is -2.23. The molecule has 0 atom stereocenters. The van der Waals surface area contributed by atoms with E-state index in [-0.39, 0.29) is 11.3 Å². The molecule has 2 aromatic rings. The summed E-state index contributed by atoms with van der Waals surface area (Å²) in [5.74, 6) is -3.97. The topological polar surface area (TPSA) is 9.23 Å². The van der Waals surface area contributed by atoms with Crippen LogP contribution in [0.1, 0.15) is 5.56 Å². The van der Waals surface area contributed by atoms with Crippen molar-refractivity contribution in [1.82, 2.24) is 0 Å². The standard InChI is InChI=1S/C14H11F3O/c15-12-8-4-5-9-13(12)18-10-14(16,17)11-6-2-1-3-7-11/h1-9H,10H2. The van der Waals surface area contributed by atoms with Gasteiger partial charge in [-0.05, 0) is 12.1 Å². The first-order valence-electron chi connectivity index (χ1n) is 5.40. The Kier molecular flexibility index (Phi) is 3.55. The largest absolute Gasteiger partial charge is 0.484 e. The van der Waals surface area contributed by atoms with Gasteiger partial charge < -0.3 is 4.74 Å². The molecule has 0 amide bonds. The van der Waals surface area contributed by atoms with Crippen LogP contribution in [0.2, 0.25) is 0 Å². The van der Waals surface area contributed by atoms with Crippen LogP contribution in [0.25, 0.3) is 0 Å². The number of hydrogen-bond donors (Lipinski definition) is 0. The summed E-state index contributed by atoms with van der Waals surface area (Å²) in [5, 5.41) is 0. The molecule has 0 spiro atoms. The summed E-state index contributed by atoms with van der Waals surface area (Å²) >= 11 is 0. The predicted molar refractivity (Wildman–Crippen MR) is 62.2 cm³/mol. The van der Waals surface area contributed by atoms with Gasteiger partial charge in [-0.2, -0.15) is 8.78 Å². The van der Waals surface area contributed by atoms with Gasteiger partial charge in [-0.15, -0.1) is 0 Å². The van der Waals surface area contributed by atoms with Crippen LogP contribution < -0.4 is 4.74 Å². The number of rotatable bonds is 4. The van der Waals surface area contributed by atoms with Gasteiger partial charge in [0, 0.05) is 5.56 Å². The molecule has 1 nitrogen and oxygen atoms in total. The molecule has 4 heteroatoms. The molecule has 0 aliphatic carbocycles. The lowest BCUT2D eigenvalue weighted by atomic mass is 10.1. The van der Waals surface area contributed by atoms with E-state index < -0.39 is 18.3 Å². The Bertz CT molecular complexity index is 511. The van der Waals surface area contributed by atoms with Gasteiger partial charge in [0.2, 0.25) is 0 Å². The third-order valence-corrected chi connectivity index (χ3v) is 2.44. The Morgan fingerprint density at radius 3 is 2.17 bits per heavy atom. The summed E-state index contributed by atoms with van der Waals surface area (Å²) < 4.78 is 45.5. The van der Waals surface area contributed by atoms with Gasteiger partial charge >= 0.3 is 5.92 Å². The highest BCUT2D eigenvalue weighted by Gasteiger charge is 2.32. The second-order valence-corrected chi connectivity index (χ2v) is 3.79. The number of hydrogen-bond acceptors (Lipinski definition) is 1. The van der Waals surface area contributed by atoms with Crippen LogP contribution in [-0.4, -0.2) is 6.61 Å². The molecule has 0 saturated heterocycles. The van der Waals surface area contributed by atoms with Crippen LogP contribution in [0.5, 0.6) is 5.75 Å². The molecule has 0 radical (unpaired) electrons.